The molecule has 5 nitrogen and oxygen atoms in total. The molecule has 0 amide bonds. The number of hydrogen-bond donors (Lipinski definition) is 1. The number of aryl methyl sites for hydroxylation is 1. The first-order chi connectivity index (χ1) is 13.7. The van der Waals surface area contributed by atoms with Crippen molar-refractivity contribution in [2.24, 2.45) is 0 Å². The van der Waals surface area contributed by atoms with E-state index in [0.717, 1.165) is 22.5 Å². The molecule has 0 radical (unpaired) electrons. The van der Waals surface area contributed by atoms with Gasteiger partial charge in [-0.2, -0.15) is 4.72 Å². The molecule has 1 N–H and O–H groups in total. The third-order valence-electron chi connectivity index (χ3n) is 4.32. The Morgan fingerprint density at radius 2 is 1.59 bits per heavy atom. The molecule has 2 atom stereocenters. The fraction of sp³-hybridized carbons (Fsp3) is 0.200. The maximum absolute atomic E-state index is 13.3. The smallest absolute Gasteiger partial charge is 0.222 e. The molecule has 9 heteroatoms. The van der Waals surface area contributed by atoms with Crippen LogP contribution in [0.2, 0.25) is 0 Å². The summed E-state index contributed by atoms with van der Waals surface area (Å²) in [5, 5.41) is -0.933. The summed E-state index contributed by atoms with van der Waals surface area (Å²) in [6.07, 6.45) is 0.186. The van der Waals surface area contributed by atoms with Gasteiger partial charge in [0.25, 0.3) is 10.0 Å². The van der Waals surface area contributed by atoms with Crippen molar-refractivity contribution in [1.29, 1.82) is 0 Å². The third kappa shape index (κ3) is 5.26. The van der Waals surface area contributed by atoms with Crippen LogP contribution in [0.25, 0.3) is 0 Å². The molecule has 154 valence electrons. The molecule has 0 bridgehead atoms. The lowest BCUT2D eigenvalue weighted by Crippen LogP contribution is -2.47. The highest BCUT2D eigenvalue weighted by Crippen LogP contribution is 2.25. The van der Waals surface area contributed by atoms with Gasteiger partial charge in [0.05, 0.1) is 10.3 Å². The maximum Gasteiger partial charge on any atom is 0.251 e. The van der Waals surface area contributed by atoms with Crippen LogP contribution in [0.3, 0.4) is 0 Å². The molecule has 1 heterocycles. The average molecular weight is 470 g/mol. The van der Waals surface area contributed by atoms with Crippen LogP contribution in [0.1, 0.15) is 11.1 Å². The summed E-state index contributed by atoms with van der Waals surface area (Å²) in [4.78, 5) is 0.0145. The third-order valence-corrected chi connectivity index (χ3v) is 9.90. The van der Waals surface area contributed by atoms with Gasteiger partial charge < -0.3 is 0 Å². The summed E-state index contributed by atoms with van der Waals surface area (Å²) in [5.74, 6) is 0. The second kappa shape index (κ2) is 8.97. The Hall–Kier alpha value is -1.71. The summed E-state index contributed by atoms with van der Waals surface area (Å²) >= 11 is 7.52. The number of alkyl halides is 1. The van der Waals surface area contributed by atoms with Gasteiger partial charge in [0, 0.05) is 0 Å². The predicted molar refractivity (Wildman–Crippen MR) is 117 cm³/mol. The zero-order valence-electron chi connectivity index (χ0n) is 15.5. The Kier molecular flexibility index (Phi) is 6.80. The Morgan fingerprint density at radius 1 is 0.931 bits per heavy atom. The fourth-order valence-corrected chi connectivity index (χ4v) is 7.79. The molecule has 0 saturated heterocycles. The van der Waals surface area contributed by atoms with Crippen LogP contribution in [-0.2, 0) is 26.3 Å². The Labute approximate surface area is 180 Å². The molecule has 3 aromatic rings. The van der Waals surface area contributed by atoms with E-state index in [-0.39, 0.29) is 15.5 Å². The zero-order valence-corrected chi connectivity index (χ0v) is 18.7. The number of thiophene rings is 1. The lowest BCUT2D eigenvalue weighted by molar-refractivity contribution is 0.546. The van der Waals surface area contributed by atoms with Crippen LogP contribution in [-0.4, -0.2) is 27.6 Å². The number of sulfonamides is 1. The Bertz CT molecular complexity index is 1140. The molecule has 0 aliphatic heterocycles. The highest BCUT2D eigenvalue weighted by molar-refractivity contribution is 7.95. The van der Waals surface area contributed by atoms with Crippen molar-refractivity contribution in [1.82, 2.24) is 4.72 Å². The Morgan fingerprint density at radius 3 is 2.17 bits per heavy atom. The summed E-state index contributed by atoms with van der Waals surface area (Å²) in [7, 11) is -8.13. The highest BCUT2D eigenvalue weighted by atomic mass is 35.5. The first-order valence-corrected chi connectivity index (χ1v) is 13.1. The van der Waals surface area contributed by atoms with E-state index < -0.39 is 30.6 Å². The minimum Gasteiger partial charge on any atom is -0.222 e. The van der Waals surface area contributed by atoms with Gasteiger partial charge in [0.15, 0.2) is 9.84 Å². The molecule has 0 spiro atoms. The number of nitrogens with one attached hydrogen (secondary N) is 1. The molecule has 0 aliphatic rings. The van der Waals surface area contributed by atoms with Crippen LogP contribution in [0.5, 0.6) is 0 Å². The van der Waals surface area contributed by atoms with Crippen molar-refractivity contribution in [3.8, 4) is 0 Å². The first-order valence-electron chi connectivity index (χ1n) is 8.74. The number of sulfone groups is 1. The summed E-state index contributed by atoms with van der Waals surface area (Å²) in [6, 6.07) is 18.4. The van der Waals surface area contributed by atoms with Crippen molar-refractivity contribution in [2.45, 2.75) is 33.2 Å². The normalized spacial score (nSPS) is 14.4. The van der Waals surface area contributed by atoms with Gasteiger partial charge in [-0.15, -0.1) is 22.9 Å². The molecule has 1 aromatic heterocycles. The molecule has 0 unspecified atom stereocenters. The predicted octanol–water partition coefficient (Wildman–Crippen LogP) is 3.98. The van der Waals surface area contributed by atoms with E-state index in [0.29, 0.717) is 0 Å². The van der Waals surface area contributed by atoms with Gasteiger partial charge in [-0.25, -0.2) is 16.8 Å². The van der Waals surface area contributed by atoms with Gasteiger partial charge >= 0.3 is 0 Å². The van der Waals surface area contributed by atoms with Crippen molar-refractivity contribution < 1.29 is 16.8 Å². The van der Waals surface area contributed by atoms with Crippen LogP contribution in [0.15, 0.2) is 81.2 Å². The molecular weight excluding hydrogens is 450 g/mol. The van der Waals surface area contributed by atoms with Gasteiger partial charge in [-0.3, -0.25) is 0 Å². The standard InChI is InChI=1S/C20H20ClNO4S3/c1-15-9-11-17(12-10-15)28(23,24)20(18(21)14-16-6-3-2-4-7-16)22-29(25,26)19-8-5-13-27-19/h2-13,18,20,22H,14H2,1H3/t18-,20-/m1/s1. The van der Waals surface area contributed by atoms with Crippen LogP contribution in [0.4, 0.5) is 0 Å². The topological polar surface area (TPSA) is 80.3 Å². The molecule has 0 saturated carbocycles. The molecular formula is C20H20ClNO4S3. The summed E-state index contributed by atoms with van der Waals surface area (Å²) < 4.78 is 54.5. The molecule has 2 aromatic carbocycles. The lowest BCUT2D eigenvalue weighted by Gasteiger charge is -2.23. The van der Waals surface area contributed by atoms with E-state index in [9.17, 15) is 16.8 Å². The number of halogens is 1. The van der Waals surface area contributed by atoms with Crippen LogP contribution >= 0.6 is 22.9 Å². The van der Waals surface area contributed by atoms with E-state index in [1.807, 2.05) is 37.3 Å². The van der Waals surface area contributed by atoms with Gasteiger partial charge in [0.2, 0.25) is 0 Å². The van der Waals surface area contributed by atoms with Crippen molar-refractivity contribution in [2.75, 3.05) is 0 Å². The second-order valence-electron chi connectivity index (χ2n) is 6.54. The van der Waals surface area contributed by atoms with Gasteiger partial charge in [0.1, 0.15) is 9.58 Å². The molecule has 0 fully saturated rings. The number of benzene rings is 2. The van der Waals surface area contributed by atoms with E-state index in [2.05, 4.69) is 4.72 Å². The molecule has 29 heavy (non-hydrogen) atoms. The van der Waals surface area contributed by atoms with E-state index >= 15 is 0 Å². The zero-order chi connectivity index (χ0) is 21.1. The largest absolute Gasteiger partial charge is 0.251 e. The first kappa shape index (κ1) is 22.0. The minimum absolute atomic E-state index is 0.0145. The number of rotatable bonds is 8. The monoisotopic (exact) mass is 469 g/mol. The summed E-state index contributed by atoms with van der Waals surface area (Å²) in [6.45, 7) is 1.84. The number of hydrogen-bond acceptors (Lipinski definition) is 5. The maximum atomic E-state index is 13.3. The van der Waals surface area contributed by atoms with E-state index in [1.165, 1.54) is 18.2 Å². The van der Waals surface area contributed by atoms with Crippen molar-refractivity contribution in [3.63, 3.8) is 0 Å². The lowest BCUT2D eigenvalue weighted by atomic mass is 10.1. The van der Waals surface area contributed by atoms with E-state index in [4.69, 9.17) is 11.6 Å². The van der Waals surface area contributed by atoms with E-state index in [1.54, 1.807) is 23.6 Å². The molecule has 3 rings (SSSR count). The van der Waals surface area contributed by atoms with Crippen LogP contribution < -0.4 is 4.72 Å². The fourth-order valence-electron chi connectivity index (χ4n) is 2.78. The van der Waals surface area contributed by atoms with Crippen molar-refractivity contribution >= 4 is 42.8 Å². The SMILES string of the molecule is Cc1ccc(S(=O)(=O)[C@@H](NS(=O)(=O)c2cccs2)[C@H](Cl)Cc2ccccc2)cc1. The van der Waals surface area contributed by atoms with Crippen molar-refractivity contribution in [3.05, 3.63) is 83.2 Å². The van der Waals surface area contributed by atoms with Gasteiger partial charge in [-0.05, 0) is 42.5 Å². The minimum atomic E-state index is -4.08. The Balaban J connectivity index is 1.99. The highest BCUT2D eigenvalue weighted by Gasteiger charge is 2.37. The second-order valence-corrected chi connectivity index (χ2v) is 12.1. The van der Waals surface area contributed by atoms with Crippen LogP contribution in [0, 0.1) is 6.92 Å². The van der Waals surface area contributed by atoms with Gasteiger partial charge in [-0.1, -0.05) is 54.1 Å². The average Bonchev–Trinajstić information content (AvgIpc) is 3.23. The summed E-state index contributed by atoms with van der Waals surface area (Å²) in [5.41, 5.74) is 1.71. The quantitative estimate of drug-likeness (QED) is 0.506. The molecule has 0 aliphatic carbocycles.